The largest absolute Gasteiger partial charge is 0.484 e. The standard InChI is InChI=1S/C23H24F6N4O3/c1-11-5-16(18-32-33-19(36-18)30-12-8-21(34,9-12)23(27,28)29)31-17-14(11)6-13(35-10-22(24,25)26)7-15(17)20(2,3)4/h5-7,12,34H,8-10H2,1-4H3,(H,30,33)/t12-,21+. The Labute approximate surface area is 201 Å². The van der Waals surface area contributed by atoms with E-state index in [0.29, 0.717) is 22.0 Å². The van der Waals surface area contributed by atoms with Gasteiger partial charge in [0.2, 0.25) is 0 Å². The molecule has 2 heterocycles. The van der Waals surface area contributed by atoms with Crippen LogP contribution in [0.3, 0.4) is 0 Å². The zero-order valence-electron chi connectivity index (χ0n) is 19.8. The van der Waals surface area contributed by atoms with Crippen LogP contribution < -0.4 is 10.1 Å². The first kappa shape index (κ1) is 26.0. The van der Waals surface area contributed by atoms with Crippen molar-refractivity contribution in [3.05, 3.63) is 29.3 Å². The molecule has 0 radical (unpaired) electrons. The van der Waals surface area contributed by atoms with Crippen LogP contribution in [0.2, 0.25) is 0 Å². The van der Waals surface area contributed by atoms with Gasteiger partial charge in [-0.1, -0.05) is 25.9 Å². The Morgan fingerprint density at radius 1 is 1.08 bits per heavy atom. The monoisotopic (exact) mass is 518 g/mol. The van der Waals surface area contributed by atoms with Gasteiger partial charge in [0.25, 0.3) is 5.89 Å². The molecule has 2 aromatic heterocycles. The van der Waals surface area contributed by atoms with Gasteiger partial charge in [-0.2, -0.15) is 26.3 Å². The summed E-state index contributed by atoms with van der Waals surface area (Å²) in [5, 5.41) is 20.6. The zero-order chi connectivity index (χ0) is 26.7. The first-order valence-electron chi connectivity index (χ1n) is 11.0. The van der Waals surface area contributed by atoms with Crippen LogP contribution in [0.25, 0.3) is 22.5 Å². The van der Waals surface area contributed by atoms with Crippen LogP contribution >= 0.6 is 0 Å². The Morgan fingerprint density at radius 3 is 2.33 bits per heavy atom. The first-order chi connectivity index (χ1) is 16.5. The molecular formula is C23H24F6N4O3. The number of aryl methyl sites for hydroxylation is 1. The Balaban J connectivity index is 1.63. The van der Waals surface area contributed by atoms with Crippen LogP contribution in [0.15, 0.2) is 22.6 Å². The summed E-state index contributed by atoms with van der Waals surface area (Å²) in [5.74, 6) is 0.0659. The van der Waals surface area contributed by atoms with Crippen LogP contribution in [0.5, 0.6) is 5.75 Å². The highest BCUT2D eigenvalue weighted by Crippen LogP contribution is 2.46. The van der Waals surface area contributed by atoms with E-state index in [9.17, 15) is 31.4 Å². The average molecular weight is 518 g/mol. The van der Waals surface area contributed by atoms with Crippen molar-refractivity contribution in [3.8, 4) is 17.3 Å². The summed E-state index contributed by atoms with van der Waals surface area (Å²) < 4.78 is 87.1. The molecule has 0 atom stereocenters. The maximum Gasteiger partial charge on any atom is 0.422 e. The minimum absolute atomic E-state index is 0.00478. The minimum Gasteiger partial charge on any atom is -0.484 e. The SMILES string of the molecule is Cc1cc(-c2nnc(N[C@H]3C[C@](O)(C(F)(F)F)C3)o2)nc2c(C(C)(C)C)cc(OCC(F)(F)F)cc12. The molecule has 4 rings (SSSR count). The molecule has 1 aromatic carbocycles. The maximum absolute atomic E-state index is 12.8. The van der Waals surface area contributed by atoms with E-state index in [0.717, 1.165) is 0 Å². The predicted molar refractivity (Wildman–Crippen MR) is 118 cm³/mol. The molecule has 1 aliphatic rings. The van der Waals surface area contributed by atoms with Crippen molar-refractivity contribution in [1.29, 1.82) is 0 Å². The first-order valence-corrected chi connectivity index (χ1v) is 11.0. The Kier molecular flexibility index (Phi) is 6.13. The summed E-state index contributed by atoms with van der Waals surface area (Å²) in [6.45, 7) is 5.97. The highest BCUT2D eigenvalue weighted by Gasteiger charge is 2.61. The number of alkyl halides is 6. The number of hydrogen-bond donors (Lipinski definition) is 2. The van der Waals surface area contributed by atoms with Gasteiger partial charge in [0.1, 0.15) is 11.4 Å². The van der Waals surface area contributed by atoms with Crippen molar-refractivity contribution in [2.45, 2.75) is 69.9 Å². The third kappa shape index (κ3) is 5.20. The Morgan fingerprint density at radius 2 is 1.75 bits per heavy atom. The van der Waals surface area contributed by atoms with Crippen molar-refractivity contribution in [2.24, 2.45) is 0 Å². The smallest absolute Gasteiger partial charge is 0.422 e. The van der Waals surface area contributed by atoms with E-state index in [-0.39, 0.29) is 23.3 Å². The van der Waals surface area contributed by atoms with E-state index in [2.05, 4.69) is 20.5 Å². The quantitative estimate of drug-likeness (QED) is 0.419. The molecule has 0 amide bonds. The average Bonchev–Trinajstić information content (AvgIpc) is 3.17. The second-order valence-corrected chi connectivity index (χ2v) is 10.0. The van der Waals surface area contributed by atoms with Crippen LogP contribution in [0.4, 0.5) is 32.4 Å². The van der Waals surface area contributed by atoms with Gasteiger partial charge < -0.3 is 19.6 Å². The van der Waals surface area contributed by atoms with Crippen molar-refractivity contribution >= 4 is 16.9 Å². The van der Waals surface area contributed by atoms with Gasteiger partial charge in [-0.25, -0.2) is 4.98 Å². The number of hydrogen-bond acceptors (Lipinski definition) is 7. The van der Waals surface area contributed by atoms with E-state index in [1.54, 1.807) is 13.0 Å². The van der Waals surface area contributed by atoms with Gasteiger partial charge in [0, 0.05) is 24.3 Å². The fourth-order valence-corrected chi connectivity index (χ4v) is 4.04. The summed E-state index contributed by atoms with van der Waals surface area (Å²) >= 11 is 0. The van der Waals surface area contributed by atoms with Gasteiger partial charge in [-0.3, -0.25) is 0 Å². The second-order valence-electron chi connectivity index (χ2n) is 10.0. The van der Waals surface area contributed by atoms with E-state index < -0.39 is 48.9 Å². The molecule has 1 saturated carbocycles. The summed E-state index contributed by atoms with van der Waals surface area (Å²) in [6, 6.07) is 3.81. The van der Waals surface area contributed by atoms with Crippen LogP contribution in [-0.4, -0.2) is 50.9 Å². The van der Waals surface area contributed by atoms with Crippen molar-refractivity contribution in [3.63, 3.8) is 0 Å². The molecule has 2 N–H and O–H groups in total. The van der Waals surface area contributed by atoms with Crippen molar-refractivity contribution < 1.29 is 40.6 Å². The number of aliphatic hydroxyl groups is 1. The number of benzene rings is 1. The third-order valence-electron chi connectivity index (χ3n) is 5.97. The van der Waals surface area contributed by atoms with E-state index in [1.807, 2.05) is 20.8 Å². The van der Waals surface area contributed by atoms with Crippen LogP contribution in [0, 0.1) is 6.92 Å². The van der Waals surface area contributed by atoms with Gasteiger partial charge >= 0.3 is 18.4 Å². The lowest BCUT2D eigenvalue weighted by Gasteiger charge is -2.44. The van der Waals surface area contributed by atoms with Gasteiger partial charge in [-0.05, 0) is 41.7 Å². The summed E-state index contributed by atoms with van der Waals surface area (Å²) in [5.41, 5.74) is -1.14. The number of aromatic nitrogens is 3. The molecule has 0 bridgehead atoms. The Bertz CT molecular complexity index is 1270. The van der Waals surface area contributed by atoms with Crippen molar-refractivity contribution in [1.82, 2.24) is 15.2 Å². The molecular weight excluding hydrogens is 494 g/mol. The molecule has 0 saturated heterocycles. The number of rotatable bonds is 5. The predicted octanol–water partition coefficient (Wildman–Crippen LogP) is 5.70. The number of pyridine rings is 1. The molecule has 0 unspecified atom stereocenters. The van der Waals surface area contributed by atoms with Gasteiger partial charge in [-0.15, -0.1) is 5.10 Å². The topological polar surface area (TPSA) is 93.3 Å². The number of fused-ring (bicyclic) bond motifs is 1. The maximum atomic E-state index is 12.8. The summed E-state index contributed by atoms with van der Waals surface area (Å²) in [7, 11) is 0. The zero-order valence-corrected chi connectivity index (χ0v) is 19.8. The number of nitrogens with zero attached hydrogens (tertiary/aromatic N) is 3. The second kappa shape index (κ2) is 8.49. The fraction of sp³-hybridized carbons (Fsp3) is 0.522. The van der Waals surface area contributed by atoms with E-state index >= 15 is 0 Å². The molecule has 7 nitrogen and oxygen atoms in total. The molecule has 0 aliphatic heterocycles. The summed E-state index contributed by atoms with van der Waals surface area (Å²) in [4.78, 5) is 4.61. The Hall–Kier alpha value is -3.09. The van der Waals surface area contributed by atoms with Gasteiger partial charge in [0.05, 0.1) is 5.52 Å². The van der Waals surface area contributed by atoms with Crippen LogP contribution in [-0.2, 0) is 5.41 Å². The molecule has 196 valence electrons. The highest BCUT2D eigenvalue weighted by atomic mass is 19.4. The highest BCUT2D eigenvalue weighted by molar-refractivity contribution is 5.89. The minimum atomic E-state index is -4.72. The van der Waals surface area contributed by atoms with Crippen molar-refractivity contribution in [2.75, 3.05) is 11.9 Å². The fourth-order valence-electron chi connectivity index (χ4n) is 4.04. The van der Waals surface area contributed by atoms with Crippen LogP contribution in [0.1, 0.15) is 44.7 Å². The van der Waals surface area contributed by atoms with Gasteiger partial charge in [0.15, 0.2) is 12.2 Å². The molecule has 36 heavy (non-hydrogen) atoms. The van der Waals surface area contributed by atoms with E-state index in [1.165, 1.54) is 12.1 Å². The molecule has 1 fully saturated rings. The molecule has 13 heteroatoms. The molecule has 3 aromatic rings. The summed E-state index contributed by atoms with van der Waals surface area (Å²) in [6.07, 6.45) is -10.3. The lowest BCUT2D eigenvalue weighted by molar-refractivity contribution is -0.288. The number of nitrogens with one attached hydrogen (secondary N) is 1. The normalized spacial score (nSPS) is 20.9. The number of ether oxygens (including phenoxy) is 1. The van der Waals surface area contributed by atoms with E-state index in [4.69, 9.17) is 9.15 Å². The number of halogens is 6. The lowest BCUT2D eigenvalue weighted by Crippen LogP contribution is -2.59. The lowest BCUT2D eigenvalue weighted by atomic mass is 9.75. The third-order valence-corrected chi connectivity index (χ3v) is 5.97. The number of anilines is 1. The molecule has 0 spiro atoms. The molecule has 1 aliphatic carbocycles.